The Bertz CT molecular complexity index is 858. The molecule has 1 aliphatic rings. The molecular weight excluding hydrogens is 358 g/mol. The predicted octanol–water partition coefficient (Wildman–Crippen LogP) is 1.51. The zero-order valence-corrected chi connectivity index (χ0v) is 15.7. The highest BCUT2D eigenvalue weighted by molar-refractivity contribution is 5.87. The number of carbonyl (C=O) groups is 3. The lowest BCUT2D eigenvalue weighted by molar-refractivity contribution is -0.137. The van der Waals surface area contributed by atoms with Gasteiger partial charge in [0.2, 0.25) is 11.8 Å². The van der Waals surface area contributed by atoms with Crippen molar-refractivity contribution < 1.29 is 19.5 Å². The van der Waals surface area contributed by atoms with Gasteiger partial charge in [-0.2, -0.15) is 0 Å². The predicted molar refractivity (Wildman–Crippen MR) is 106 cm³/mol. The molecule has 3 N–H and O–H groups in total. The zero-order valence-electron chi connectivity index (χ0n) is 15.7. The molecule has 1 saturated carbocycles. The second kappa shape index (κ2) is 9.32. The summed E-state index contributed by atoms with van der Waals surface area (Å²) in [6.45, 7) is 0.753. The molecular formula is C21H25N3O4. The zero-order chi connectivity index (χ0) is 19.9. The van der Waals surface area contributed by atoms with E-state index in [-0.39, 0.29) is 12.5 Å². The maximum absolute atomic E-state index is 12.1. The average Bonchev–Trinajstić information content (AvgIpc) is 3.53. The molecule has 3 rings (SSSR count). The van der Waals surface area contributed by atoms with Crippen molar-refractivity contribution in [3.63, 3.8) is 0 Å². The Morgan fingerprint density at radius 1 is 0.964 bits per heavy atom. The summed E-state index contributed by atoms with van der Waals surface area (Å²) in [5.41, 5.74) is 1.25. The Morgan fingerprint density at radius 3 is 2.43 bits per heavy atom. The molecule has 1 aliphatic carbocycles. The van der Waals surface area contributed by atoms with Crippen LogP contribution in [0.25, 0.3) is 10.8 Å². The van der Waals surface area contributed by atoms with E-state index in [2.05, 4.69) is 45.9 Å². The van der Waals surface area contributed by atoms with Crippen molar-refractivity contribution in [1.82, 2.24) is 15.5 Å². The molecule has 0 radical (unpaired) electrons. The Morgan fingerprint density at radius 2 is 1.68 bits per heavy atom. The fourth-order valence-electron chi connectivity index (χ4n) is 3.23. The van der Waals surface area contributed by atoms with Crippen LogP contribution in [0.2, 0.25) is 0 Å². The second-order valence-electron chi connectivity index (χ2n) is 7.04. The lowest BCUT2D eigenvalue weighted by Gasteiger charge is -2.22. The van der Waals surface area contributed by atoms with Gasteiger partial charge < -0.3 is 15.7 Å². The van der Waals surface area contributed by atoms with E-state index in [4.69, 9.17) is 5.11 Å². The van der Waals surface area contributed by atoms with Crippen LogP contribution >= 0.6 is 0 Å². The number of amides is 2. The molecule has 7 heteroatoms. The highest BCUT2D eigenvalue weighted by Crippen LogP contribution is 2.30. The van der Waals surface area contributed by atoms with Crippen molar-refractivity contribution in [3.05, 3.63) is 48.0 Å². The molecule has 0 bridgehead atoms. The van der Waals surface area contributed by atoms with Crippen molar-refractivity contribution in [2.24, 2.45) is 0 Å². The first-order valence-corrected chi connectivity index (χ1v) is 9.49. The third kappa shape index (κ3) is 5.79. The van der Waals surface area contributed by atoms with Crippen LogP contribution in [0, 0.1) is 0 Å². The van der Waals surface area contributed by atoms with E-state index in [1.807, 2.05) is 12.1 Å². The van der Waals surface area contributed by atoms with E-state index in [0.29, 0.717) is 19.0 Å². The van der Waals surface area contributed by atoms with Crippen LogP contribution in [-0.4, -0.2) is 53.5 Å². The van der Waals surface area contributed by atoms with Crippen LogP contribution in [0.1, 0.15) is 24.8 Å². The van der Waals surface area contributed by atoms with Crippen molar-refractivity contribution >= 4 is 28.6 Å². The van der Waals surface area contributed by atoms with Gasteiger partial charge in [0.15, 0.2) is 0 Å². The number of benzene rings is 2. The lowest BCUT2D eigenvalue weighted by atomic mass is 10.0. The van der Waals surface area contributed by atoms with E-state index < -0.39 is 18.4 Å². The molecule has 2 aromatic carbocycles. The second-order valence-corrected chi connectivity index (χ2v) is 7.04. The summed E-state index contributed by atoms with van der Waals surface area (Å²) < 4.78 is 0. The number of carbonyl (C=O) groups excluding carboxylic acids is 2. The van der Waals surface area contributed by atoms with E-state index in [0.717, 1.165) is 19.4 Å². The number of aliphatic carboxylic acids is 1. The van der Waals surface area contributed by atoms with Gasteiger partial charge in [-0.3, -0.25) is 19.3 Å². The number of carboxylic acids is 1. The molecule has 148 valence electrons. The first-order chi connectivity index (χ1) is 13.5. The van der Waals surface area contributed by atoms with Crippen LogP contribution in [0.5, 0.6) is 0 Å². The minimum absolute atomic E-state index is 0.209. The number of nitrogens with zero attached hydrogens (tertiary/aromatic N) is 1. The molecule has 1 fully saturated rings. The first-order valence-electron chi connectivity index (χ1n) is 9.49. The number of hydrogen-bond donors (Lipinski definition) is 3. The van der Waals surface area contributed by atoms with Crippen LogP contribution in [0.4, 0.5) is 0 Å². The molecule has 0 aliphatic heterocycles. The standard InChI is InChI=1S/C21H25N3O4/c25-19(22-12-20(26)23-13-21(27)28)10-11-24(17-8-9-17)14-16-6-3-5-15-4-1-2-7-18(15)16/h1-7,17H,8-14H2,(H,22,25)(H,23,26)(H,27,28). The molecule has 7 nitrogen and oxygen atoms in total. The summed E-state index contributed by atoms with van der Waals surface area (Å²) in [6, 6.07) is 15.1. The third-order valence-corrected chi connectivity index (χ3v) is 4.83. The highest BCUT2D eigenvalue weighted by atomic mass is 16.4. The maximum Gasteiger partial charge on any atom is 0.322 e. The topological polar surface area (TPSA) is 98.7 Å². The Labute approximate surface area is 163 Å². The quantitative estimate of drug-likeness (QED) is 0.578. The van der Waals surface area contributed by atoms with Crippen molar-refractivity contribution in [3.8, 4) is 0 Å². The lowest BCUT2D eigenvalue weighted by Crippen LogP contribution is -2.40. The average molecular weight is 383 g/mol. The van der Waals surface area contributed by atoms with Gasteiger partial charge >= 0.3 is 5.97 Å². The van der Waals surface area contributed by atoms with Gasteiger partial charge in [0.1, 0.15) is 6.54 Å². The Kier molecular flexibility index (Phi) is 6.60. The number of fused-ring (bicyclic) bond motifs is 1. The van der Waals surface area contributed by atoms with Crippen LogP contribution < -0.4 is 10.6 Å². The number of hydrogen-bond acceptors (Lipinski definition) is 4. The number of rotatable bonds is 10. The van der Waals surface area contributed by atoms with Crippen LogP contribution in [-0.2, 0) is 20.9 Å². The minimum Gasteiger partial charge on any atom is -0.480 e. The van der Waals surface area contributed by atoms with E-state index >= 15 is 0 Å². The molecule has 0 spiro atoms. The van der Waals surface area contributed by atoms with E-state index in [1.54, 1.807) is 0 Å². The smallest absolute Gasteiger partial charge is 0.322 e. The van der Waals surface area contributed by atoms with Gasteiger partial charge in [-0.25, -0.2) is 0 Å². The molecule has 0 aromatic heterocycles. The monoisotopic (exact) mass is 383 g/mol. The summed E-state index contributed by atoms with van der Waals surface area (Å²) in [5, 5.41) is 15.7. The largest absolute Gasteiger partial charge is 0.480 e. The maximum atomic E-state index is 12.1. The van der Waals surface area contributed by atoms with Crippen molar-refractivity contribution in [1.29, 1.82) is 0 Å². The SMILES string of the molecule is O=C(O)CNC(=O)CNC(=O)CCN(Cc1cccc2ccccc12)C1CC1. The molecule has 0 atom stereocenters. The van der Waals surface area contributed by atoms with Crippen LogP contribution in [0.15, 0.2) is 42.5 Å². The van der Waals surface area contributed by atoms with Gasteiger partial charge in [0.05, 0.1) is 6.54 Å². The van der Waals surface area contributed by atoms with Crippen molar-refractivity contribution in [2.75, 3.05) is 19.6 Å². The summed E-state index contributed by atoms with van der Waals surface area (Å²) in [4.78, 5) is 36.3. The fourth-order valence-corrected chi connectivity index (χ4v) is 3.23. The minimum atomic E-state index is -1.12. The number of nitrogens with one attached hydrogen (secondary N) is 2. The number of carboxylic acid groups (broad SMARTS) is 1. The van der Waals surface area contributed by atoms with Gasteiger partial charge in [0.25, 0.3) is 0 Å². The summed E-state index contributed by atoms with van der Waals surface area (Å²) >= 11 is 0. The van der Waals surface area contributed by atoms with Gasteiger partial charge in [-0.1, -0.05) is 42.5 Å². The van der Waals surface area contributed by atoms with Gasteiger partial charge in [0, 0.05) is 25.6 Å². The summed E-state index contributed by atoms with van der Waals surface area (Å²) in [6.07, 6.45) is 2.58. The molecule has 0 unspecified atom stereocenters. The normalized spacial score (nSPS) is 13.5. The van der Waals surface area contributed by atoms with Gasteiger partial charge in [-0.15, -0.1) is 0 Å². The molecule has 2 aromatic rings. The summed E-state index contributed by atoms with van der Waals surface area (Å²) in [7, 11) is 0. The molecule has 2 amide bonds. The Balaban J connectivity index is 1.51. The Hall–Kier alpha value is -2.93. The molecule has 0 heterocycles. The van der Waals surface area contributed by atoms with Crippen molar-refractivity contribution in [2.45, 2.75) is 31.8 Å². The molecule has 0 saturated heterocycles. The van der Waals surface area contributed by atoms with Crippen LogP contribution in [0.3, 0.4) is 0 Å². The fraction of sp³-hybridized carbons (Fsp3) is 0.381. The highest BCUT2D eigenvalue weighted by Gasteiger charge is 2.29. The van der Waals surface area contributed by atoms with E-state index in [1.165, 1.54) is 16.3 Å². The van der Waals surface area contributed by atoms with E-state index in [9.17, 15) is 14.4 Å². The van der Waals surface area contributed by atoms with Gasteiger partial charge in [-0.05, 0) is 29.2 Å². The summed E-state index contributed by atoms with van der Waals surface area (Å²) in [5.74, 6) is -1.84. The molecule has 28 heavy (non-hydrogen) atoms. The first kappa shape index (κ1) is 19.8. The third-order valence-electron chi connectivity index (χ3n) is 4.83.